The summed E-state index contributed by atoms with van der Waals surface area (Å²) in [4.78, 5) is 7.02. The summed E-state index contributed by atoms with van der Waals surface area (Å²) < 4.78 is 5.28. The summed E-state index contributed by atoms with van der Waals surface area (Å²) >= 11 is 0. The molecule has 2 rings (SSSR count). The van der Waals surface area contributed by atoms with Gasteiger partial charge in [0.05, 0.1) is 0 Å². The molecular formula is C20H40N4O. The van der Waals surface area contributed by atoms with Gasteiger partial charge in [0.15, 0.2) is 5.96 Å². The second kappa shape index (κ2) is 10.4. The van der Waals surface area contributed by atoms with E-state index in [-0.39, 0.29) is 0 Å². The lowest BCUT2D eigenvalue weighted by atomic mass is 9.67. The molecule has 0 bridgehead atoms. The number of guanidine groups is 1. The number of methoxy groups -OCH3 is 1. The van der Waals surface area contributed by atoms with Crippen LogP contribution in [0.5, 0.6) is 0 Å². The standard InChI is InChI=1S/C20H40N4O/c1-17-13-18(2)15-24(14-17)11-6-10-22-19(21-3)23-16-20(7-5-8-20)9-12-25-4/h17-18H,5-16H2,1-4H3,(H2,21,22,23). The zero-order valence-electron chi connectivity index (χ0n) is 16.9. The zero-order chi connectivity index (χ0) is 18.1. The van der Waals surface area contributed by atoms with Crippen molar-refractivity contribution in [1.82, 2.24) is 15.5 Å². The van der Waals surface area contributed by atoms with Gasteiger partial charge in [-0.1, -0.05) is 20.3 Å². The number of piperidine rings is 1. The molecule has 1 aliphatic heterocycles. The highest BCUT2D eigenvalue weighted by atomic mass is 16.5. The molecule has 1 aliphatic carbocycles. The maximum atomic E-state index is 5.28. The summed E-state index contributed by atoms with van der Waals surface area (Å²) in [6, 6.07) is 0. The second-order valence-corrected chi connectivity index (χ2v) is 8.51. The fraction of sp³-hybridized carbons (Fsp3) is 0.950. The first kappa shape index (κ1) is 20.5. The van der Waals surface area contributed by atoms with Crippen LogP contribution in [0.25, 0.3) is 0 Å². The Morgan fingerprint density at radius 1 is 1.20 bits per heavy atom. The Bertz CT molecular complexity index is 399. The van der Waals surface area contributed by atoms with E-state index in [0.717, 1.165) is 43.9 Å². The predicted octanol–water partition coefficient (Wildman–Crippen LogP) is 2.73. The molecule has 0 aromatic heterocycles. The van der Waals surface area contributed by atoms with Crippen molar-refractivity contribution in [1.29, 1.82) is 0 Å². The first-order valence-electron chi connectivity index (χ1n) is 10.2. The molecular weight excluding hydrogens is 312 g/mol. The van der Waals surface area contributed by atoms with Crippen molar-refractivity contribution in [2.45, 2.75) is 52.4 Å². The van der Waals surface area contributed by atoms with Gasteiger partial charge in [-0.25, -0.2) is 0 Å². The monoisotopic (exact) mass is 352 g/mol. The van der Waals surface area contributed by atoms with Crippen molar-refractivity contribution >= 4 is 5.96 Å². The van der Waals surface area contributed by atoms with Crippen LogP contribution in [0.15, 0.2) is 4.99 Å². The van der Waals surface area contributed by atoms with Crippen molar-refractivity contribution in [2.24, 2.45) is 22.2 Å². The first-order valence-corrected chi connectivity index (χ1v) is 10.2. The minimum Gasteiger partial charge on any atom is -0.385 e. The SMILES string of the molecule is CN=C(NCCCN1CC(C)CC(C)C1)NCC1(CCOC)CCC1. The summed E-state index contributed by atoms with van der Waals surface area (Å²) in [5.74, 6) is 2.64. The minimum absolute atomic E-state index is 0.424. The van der Waals surface area contributed by atoms with Gasteiger partial charge in [0.1, 0.15) is 0 Å². The third kappa shape index (κ3) is 6.78. The van der Waals surface area contributed by atoms with E-state index in [9.17, 15) is 0 Å². The molecule has 1 saturated heterocycles. The van der Waals surface area contributed by atoms with Crippen molar-refractivity contribution in [3.8, 4) is 0 Å². The first-order chi connectivity index (χ1) is 12.1. The Balaban J connectivity index is 1.62. The van der Waals surface area contributed by atoms with Crippen LogP contribution in [0.4, 0.5) is 0 Å². The average Bonchev–Trinajstić information content (AvgIpc) is 2.54. The number of ether oxygens (including phenoxy) is 1. The molecule has 2 N–H and O–H groups in total. The fourth-order valence-corrected chi connectivity index (χ4v) is 4.49. The Kier molecular flexibility index (Phi) is 8.50. The zero-order valence-corrected chi connectivity index (χ0v) is 16.9. The smallest absolute Gasteiger partial charge is 0.190 e. The molecule has 0 amide bonds. The topological polar surface area (TPSA) is 48.9 Å². The van der Waals surface area contributed by atoms with Crippen LogP contribution in [0.1, 0.15) is 52.4 Å². The van der Waals surface area contributed by atoms with E-state index < -0.39 is 0 Å². The molecule has 2 fully saturated rings. The number of hydrogen-bond acceptors (Lipinski definition) is 3. The van der Waals surface area contributed by atoms with Gasteiger partial charge >= 0.3 is 0 Å². The van der Waals surface area contributed by atoms with Crippen LogP contribution in [0.3, 0.4) is 0 Å². The number of nitrogens with zero attached hydrogens (tertiary/aromatic N) is 2. The van der Waals surface area contributed by atoms with Crippen molar-refractivity contribution < 1.29 is 4.74 Å². The highest BCUT2D eigenvalue weighted by Gasteiger charge is 2.36. The molecule has 0 spiro atoms. The largest absolute Gasteiger partial charge is 0.385 e. The molecule has 2 unspecified atom stereocenters. The molecule has 1 saturated carbocycles. The number of hydrogen-bond donors (Lipinski definition) is 2. The van der Waals surface area contributed by atoms with Gasteiger partial charge in [0.25, 0.3) is 0 Å². The Labute approximate surface area is 155 Å². The van der Waals surface area contributed by atoms with Gasteiger partial charge in [-0.2, -0.15) is 0 Å². The lowest BCUT2D eigenvalue weighted by Gasteiger charge is -2.42. The van der Waals surface area contributed by atoms with Gasteiger partial charge < -0.3 is 20.3 Å². The third-order valence-corrected chi connectivity index (χ3v) is 5.99. The summed E-state index contributed by atoms with van der Waals surface area (Å²) in [7, 11) is 3.66. The molecule has 5 nitrogen and oxygen atoms in total. The lowest BCUT2D eigenvalue weighted by molar-refractivity contribution is 0.0732. The molecule has 25 heavy (non-hydrogen) atoms. The predicted molar refractivity (Wildman–Crippen MR) is 106 cm³/mol. The summed E-state index contributed by atoms with van der Waals surface area (Å²) in [5, 5.41) is 7.03. The molecule has 1 heterocycles. The molecule has 0 aromatic carbocycles. The van der Waals surface area contributed by atoms with E-state index in [2.05, 4.69) is 34.4 Å². The third-order valence-electron chi connectivity index (χ3n) is 5.99. The van der Waals surface area contributed by atoms with E-state index in [0.29, 0.717) is 5.41 Å². The van der Waals surface area contributed by atoms with E-state index in [4.69, 9.17) is 4.74 Å². The highest BCUT2D eigenvalue weighted by Crippen LogP contribution is 2.43. The molecule has 0 radical (unpaired) electrons. The second-order valence-electron chi connectivity index (χ2n) is 8.51. The molecule has 146 valence electrons. The van der Waals surface area contributed by atoms with Gasteiger partial charge in [-0.15, -0.1) is 0 Å². The summed E-state index contributed by atoms with van der Waals surface area (Å²) in [6.45, 7) is 11.3. The number of aliphatic imine (C=N–C) groups is 1. The van der Waals surface area contributed by atoms with E-state index in [1.165, 1.54) is 51.7 Å². The van der Waals surface area contributed by atoms with Crippen molar-refractivity contribution in [3.63, 3.8) is 0 Å². The van der Waals surface area contributed by atoms with Crippen LogP contribution in [-0.4, -0.2) is 64.3 Å². The Morgan fingerprint density at radius 3 is 2.48 bits per heavy atom. The van der Waals surface area contributed by atoms with Crippen molar-refractivity contribution in [3.05, 3.63) is 0 Å². The molecule has 2 atom stereocenters. The minimum atomic E-state index is 0.424. The van der Waals surface area contributed by atoms with E-state index in [1.54, 1.807) is 7.11 Å². The fourth-order valence-electron chi connectivity index (χ4n) is 4.49. The Morgan fingerprint density at radius 2 is 1.92 bits per heavy atom. The van der Waals surface area contributed by atoms with Gasteiger partial charge in [0, 0.05) is 46.9 Å². The quantitative estimate of drug-likeness (QED) is 0.381. The lowest BCUT2D eigenvalue weighted by Crippen LogP contribution is -2.47. The molecule has 0 aromatic rings. The van der Waals surface area contributed by atoms with Gasteiger partial charge in [-0.05, 0) is 55.9 Å². The summed E-state index contributed by atoms with van der Waals surface area (Å²) in [5.41, 5.74) is 0.424. The summed E-state index contributed by atoms with van der Waals surface area (Å²) in [6.07, 6.45) is 7.69. The van der Waals surface area contributed by atoms with Crippen LogP contribution < -0.4 is 10.6 Å². The number of rotatable bonds is 9. The average molecular weight is 353 g/mol. The van der Waals surface area contributed by atoms with Crippen LogP contribution in [0.2, 0.25) is 0 Å². The molecule has 2 aliphatic rings. The van der Waals surface area contributed by atoms with E-state index >= 15 is 0 Å². The number of nitrogens with one attached hydrogen (secondary N) is 2. The van der Waals surface area contributed by atoms with Crippen LogP contribution in [0, 0.1) is 17.3 Å². The van der Waals surface area contributed by atoms with Crippen molar-refractivity contribution in [2.75, 3.05) is 53.5 Å². The number of likely N-dealkylation sites (tertiary alicyclic amines) is 1. The normalized spacial score (nSPS) is 27.0. The van der Waals surface area contributed by atoms with Crippen LogP contribution >= 0.6 is 0 Å². The Hall–Kier alpha value is -0.810. The maximum absolute atomic E-state index is 5.28. The van der Waals surface area contributed by atoms with Gasteiger partial charge in [0.2, 0.25) is 0 Å². The molecule has 5 heteroatoms. The van der Waals surface area contributed by atoms with Gasteiger partial charge in [-0.3, -0.25) is 4.99 Å². The maximum Gasteiger partial charge on any atom is 0.190 e. The highest BCUT2D eigenvalue weighted by molar-refractivity contribution is 5.79. The van der Waals surface area contributed by atoms with E-state index in [1.807, 2.05) is 7.05 Å². The van der Waals surface area contributed by atoms with Crippen LogP contribution in [-0.2, 0) is 4.74 Å².